The van der Waals surface area contributed by atoms with Crippen molar-refractivity contribution >= 4 is 12.0 Å². The van der Waals surface area contributed by atoms with Crippen LogP contribution in [-0.2, 0) is 9.53 Å². The Kier molecular flexibility index (Phi) is 4.24. The van der Waals surface area contributed by atoms with Crippen LogP contribution < -0.4 is 0 Å². The van der Waals surface area contributed by atoms with Gasteiger partial charge in [-0.3, -0.25) is 9.69 Å². The monoisotopic (exact) mass is 256 g/mol. The van der Waals surface area contributed by atoms with Crippen molar-refractivity contribution in [2.75, 3.05) is 13.1 Å². The average Bonchev–Trinajstić information content (AvgIpc) is 2.12. The molecule has 0 saturated carbocycles. The van der Waals surface area contributed by atoms with Crippen molar-refractivity contribution in [3.63, 3.8) is 0 Å². The van der Waals surface area contributed by atoms with E-state index < -0.39 is 5.60 Å². The van der Waals surface area contributed by atoms with Gasteiger partial charge in [-0.25, -0.2) is 4.79 Å². The maximum Gasteiger partial charge on any atom is 0.410 e. The van der Waals surface area contributed by atoms with Crippen molar-refractivity contribution in [1.82, 2.24) is 9.80 Å². The number of nitrogens with zero attached hydrogens (tertiary/aromatic N) is 2. The van der Waals surface area contributed by atoms with E-state index in [-0.39, 0.29) is 24.1 Å². The lowest BCUT2D eigenvalue weighted by molar-refractivity contribution is -0.133. The van der Waals surface area contributed by atoms with Crippen LogP contribution in [0.3, 0.4) is 0 Å². The molecule has 0 aromatic rings. The van der Waals surface area contributed by atoms with Gasteiger partial charge >= 0.3 is 6.09 Å². The smallest absolute Gasteiger partial charge is 0.410 e. The highest BCUT2D eigenvalue weighted by Crippen LogP contribution is 2.19. The van der Waals surface area contributed by atoms with E-state index in [4.69, 9.17) is 4.74 Å². The fourth-order valence-corrected chi connectivity index (χ4v) is 2.25. The van der Waals surface area contributed by atoms with Gasteiger partial charge in [0.1, 0.15) is 5.60 Å². The van der Waals surface area contributed by atoms with E-state index >= 15 is 0 Å². The first-order chi connectivity index (χ1) is 8.11. The molecular weight excluding hydrogens is 232 g/mol. The molecule has 0 aliphatic carbocycles. The molecule has 5 heteroatoms. The van der Waals surface area contributed by atoms with Gasteiger partial charge in [-0.05, 0) is 34.6 Å². The first-order valence-corrected chi connectivity index (χ1v) is 6.38. The van der Waals surface area contributed by atoms with Crippen LogP contribution in [0.5, 0.6) is 0 Å². The van der Waals surface area contributed by atoms with E-state index in [1.54, 1.807) is 16.7 Å². The van der Waals surface area contributed by atoms with Gasteiger partial charge in [0.15, 0.2) is 0 Å². The molecule has 0 aromatic heterocycles. The Morgan fingerprint density at radius 3 is 1.89 bits per heavy atom. The highest BCUT2D eigenvalue weighted by Gasteiger charge is 2.36. The molecule has 5 nitrogen and oxygen atoms in total. The summed E-state index contributed by atoms with van der Waals surface area (Å²) in [5.41, 5.74) is -0.492. The van der Waals surface area contributed by atoms with Gasteiger partial charge in [-0.2, -0.15) is 0 Å². The number of hydrogen-bond acceptors (Lipinski definition) is 3. The Bertz CT molecular complexity index is 324. The molecular formula is C13H24N2O3. The van der Waals surface area contributed by atoms with E-state index in [9.17, 15) is 9.59 Å². The number of carbonyl (C=O) groups is 2. The van der Waals surface area contributed by atoms with Crippen molar-refractivity contribution in [3.05, 3.63) is 0 Å². The molecule has 0 spiro atoms. The quantitative estimate of drug-likeness (QED) is 0.664. The standard InChI is InChI=1S/C13H24N2O3/c1-9-7-14(11(3)16)8-10(2)15(9)12(17)18-13(4,5)6/h9-10H,7-8H2,1-6H3/t9-,10-/m0/s1. The first-order valence-electron chi connectivity index (χ1n) is 6.38. The normalized spacial score (nSPS) is 25.0. The van der Waals surface area contributed by atoms with Gasteiger partial charge in [0.05, 0.1) is 12.1 Å². The molecule has 1 heterocycles. The summed E-state index contributed by atoms with van der Waals surface area (Å²) in [6.45, 7) is 12.1. The van der Waals surface area contributed by atoms with Gasteiger partial charge in [0.2, 0.25) is 5.91 Å². The molecule has 0 bridgehead atoms. The SMILES string of the molecule is CC(=O)N1C[C@H](C)N(C(=O)OC(C)(C)C)[C@@H](C)C1. The van der Waals surface area contributed by atoms with E-state index in [1.807, 2.05) is 34.6 Å². The second-order valence-electron chi connectivity index (χ2n) is 6.01. The summed E-state index contributed by atoms with van der Waals surface area (Å²) in [6.07, 6.45) is -0.300. The summed E-state index contributed by atoms with van der Waals surface area (Å²) >= 11 is 0. The third-order valence-corrected chi connectivity index (χ3v) is 2.97. The van der Waals surface area contributed by atoms with Gasteiger partial charge < -0.3 is 9.64 Å². The molecule has 0 unspecified atom stereocenters. The van der Waals surface area contributed by atoms with Gasteiger partial charge in [-0.15, -0.1) is 0 Å². The van der Waals surface area contributed by atoms with Gasteiger partial charge in [-0.1, -0.05) is 0 Å². The summed E-state index contributed by atoms with van der Waals surface area (Å²) < 4.78 is 5.40. The Morgan fingerprint density at radius 1 is 1.11 bits per heavy atom. The molecule has 1 aliphatic heterocycles. The van der Waals surface area contributed by atoms with Crippen LogP contribution >= 0.6 is 0 Å². The van der Waals surface area contributed by atoms with Crippen molar-refractivity contribution < 1.29 is 14.3 Å². The number of carbonyl (C=O) groups excluding carboxylic acids is 2. The van der Waals surface area contributed by atoms with Crippen LogP contribution in [0.15, 0.2) is 0 Å². The fourth-order valence-electron chi connectivity index (χ4n) is 2.25. The minimum atomic E-state index is -0.492. The Balaban J connectivity index is 2.73. The fraction of sp³-hybridized carbons (Fsp3) is 0.846. The minimum absolute atomic E-state index is 0.0208. The predicted molar refractivity (Wildman–Crippen MR) is 69.3 cm³/mol. The Morgan fingerprint density at radius 2 is 1.56 bits per heavy atom. The van der Waals surface area contributed by atoms with Crippen LogP contribution in [-0.4, -0.2) is 52.6 Å². The van der Waals surface area contributed by atoms with Crippen molar-refractivity contribution in [3.8, 4) is 0 Å². The zero-order valence-electron chi connectivity index (χ0n) is 12.2. The molecule has 1 saturated heterocycles. The third kappa shape index (κ3) is 3.62. The molecule has 2 amide bonds. The summed E-state index contributed by atoms with van der Waals surface area (Å²) in [5.74, 6) is 0.0533. The predicted octanol–water partition coefficient (Wildman–Crippen LogP) is 1.86. The largest absolute Gasteiger partial charge is 0.444 e. The molecule has 1 rings (SSSR count). The number of rotatable bonds is 0. The zero-order chi connectivity index (χ0) is 14.1. The number of ether oxygens (including phenoxy) is 1. The van der Waals surface area contributed by atoms with Gasteiger partial charge in [0, 0.05) is 20.0 Å². The second-order valence-corrected chi connectivity index (χ2v) is 6.01. The highest BCUT2D eigenvalue weighted by molar-refractivity contribution is 5.74. The van der Waals surface area contributed by atoms with E-state index in [1.165, 1.54) is 0 Å². The number of amides is 2. The zero-order valence-corrected chi connectivity index (χ0v) is 12.2. The molecule has 1 fully saturated rings. The molecule has 2 atom stereocenters. The molecule has 0 aromatic carbocycles. The summed E-state index contributed by atoms with van der Waals surface area (Å²) in [4.78, 5) is 27.0. The van der Waals surface area contributed by atoms with Crippen molar-refractivity contribution in [2.45, 2.75) is 59.2 Å². The van der Waals surface area contributed by atoms with Crippen LogP contribution in [0, 0.1) is 0 Å². The number of hydrogen-bond donors (Lipinski definition) is 0. The summed E-state index contributed by atoms with van der Waals surface area (Å²) in [5, 5.41) is 0. The Labute approximate surface area is 109 Å². The number of piperazine rings is 1. The summed E-state index contributed by atoms with van der Waals surface area (Å²) in [7, 11) is 0. The molecule has 0 radical (unpaired) electrons. The van der Waals surface area contributed by atoms with Crippen LogP contribution in [0.4, 0.5) is 4.79 Å². The first kappa shape index (κ1) is 14.8. The van der Waals surface area contributed by atoms with Crippen molar-refractivity contribution in [2.24, 2.45) is 0 Å². The van der Waals surface area contributed by atoms with Crippen molar-refractivity contribution in [1.29, 1.82) is 0 Å². The Hall–Kier alpha value is -1.26. The minimum Gasteiger partial charge on any atom is -0.444 e. The molecule has 104 valence electrons. The van der Waals surface area contributed by atoms with E-state index in [0.29, 0.717) is 13.1 Å². The van der Waals surface area contributed by atoms with Gasteiger partial charge in [0.25, 0.3) is 0 Å². The van der Waals surface area contributed by atoms with E-state index in [0.717, 1.165) is 0 Å². The topological polar surface area (TPSA) is 49.9 Å². The third-order valence-electron chi connectivity index (χ3n) is 2.97. The van der Waals surface area contributed by atoms with Crippen LogP contribution in [0.2, 0.25) is 0 Å². The molecule has 1 aliphatic rings. The maximum atomic E-state index is 12.1. The lowest BCUT2D eigenvalue weighted by atomic mass is 10.1. The molecule has 0 N–H and O–H groups in total. The van der Waals surface area contributed by atoms with E-state index in [2.05, 4.69) is 0 Å². The van der Waals surface area contributed by atoms with Crippen LogP contribution in [0.1, 0.15) is 41.5 Å². The second kappa shape index (κ2) is 5.16. The maximum absolute atomic E-state index is 12.1. The summed E-state index contributed by atoms with van der Waals surface area (Å²) in [6, 6.07) is -0.0417. The molecule has 18 heavy (non-hydrogen) atoms. The average molecular weight is 256 g/mol. The lowest BCUT2D eigenvalue weighted by Gasteiger charge is -2.44. The van der Waals surface area contributed by atoms with Crippen LogP contribution in [0.25, 0.3) is 0 Å². The lowest BCUT2D eigenvalue weighted by Crippen LogP contribution is -2.60. The highest BCUT2D eigenvalue weighted by atomic mass is 16.6.